The minimum absolute atomic E-state index is 0.0712. The van der Waals surface area contributed by atoms with Crippen LogP contribution in [0.1, 0.15) is 33.1 Å². The van der Waals surface area contributed by atoms with E-state index in [1.807, 2.05) is 0 Å². The molecule has 19 heavy (non-hydrogen) atoms. The fourth-order valence-corrected chi connectivity index (χ4v) is 1.72. The third-order valence-corrected chi connectivity index (χ3v) is 3.10. The van der Waals surface area contributed by atoms with Crippen molar-refractivity contribution in [3.05, 3.63) is 22.6 Å². The maximum Gasteiger partial charge on any atom is 0.268 e. The molecule has 0 atom stereocenters. The van der Waals surface area contributed by atoms with E-state index >= 15 is 0 Å². The Bertz CT molecular complexity index is 452. The summed E-state index contributed by atoms with van der Waals surface area (Å²) in [6, 6.07) is 2.15. The Balaban J connectivity index is 1.75. The van der Waals surface area contributed by atoms with Gasteiger partial charge in [-0.05, 0) is 25.2 Å². The van der Waals surface area contributed by atoms with Crippen LogP contribution < -0.4 is 10.9 Å². The Morgan fingerprint density at radius 1 is 1.47 bits per heavy atom. The lowest BCUT2D eigenvalue weighted by atomic mass is 10.1. The molecule has 1 aromatic heterocycles. The van der Waals surface area contributed by atoms with E-state index in [-0.39, 0.29) is 5.56 Å². The number of ether oxygens (including phenoxy) is 1. The van der Waals surface area contributed by atoms with Gasteiger partial charge in [-0.1, -0.05) is 13.8 Å². The standard InChI is InChI=1S/C14H23N3O2/c1-11(2)5-7-19-8-6-17-14(18)9-13(10-15-17)16-12-3-4-12/h9-12,16H,3-8H2,1-2H3. The van der Waals surface area contributed by atoms with E-state index in [1.54, 1.807) is 12.3 Å². The zero-order valence-electron chi connectivity index (χ0n) is 11.8. The molecule has 5 nitrogen and oxygen atoms in total. The average molecular weight is 265 g/mol. The highest BCUT2D eigenvalue weighted by molar-refractivity contribution is 5.41. The Morgan fingerprint density at radius 3 is 2.89 bits per heavy atom. The van der Waals surface area contributed by atoms with Crippen LogP contribution in [0.15, 0.2) is 17.1 Å². The third kappa shape index (κ3) is 5.03. The van der Waals surface area contributed by atoms with Crippen molar-refractivity contribution >= 4 is 5.69 Å². The van der Waals surface area contributed by atoms with Crippen molar-refractivity contribution in [1.29, 1.82) is 0 Å². The van der Waals surface area contributed by atoms with Crippen LogP contribution in [0, 0.1) is 5.92 Å². The molecule has 106 valence electrons. The molecule has 1 fully saturated rings. The Morgan fingerprint density at radius 2 is 2.26 bits per heavy atom. The lowest BCUT2D eigenvalue weighted by Crippen LogP contribution is -2.25. The van der Waals surface area contributed by atoms with Crippen LogP contribution in [-0.4, -0.2) is 29.0 Å². The molecular weight excluding hydrogens is 242 g/mol. The van der Waals surface area contributed by atoms with E-state index in [0.717, 1.165) is 18.7 Å². The minimum Gasteiger partial charge on any atom is -0.381 e. The van der Waals surface area contributed by atoms with Gasteiger partial charge < -0.3 is 10.1 Å². The van der Waals surface area contributed by atoms with E-state index in [2.05, 4.69) is 24.3 Å². The molecule has 5 heteroatoms. The highest BCUT2D eigenvalue weighted by atomic mass is 16.5. The van der Waals surface area contributed by atoms with Crippen molar-refractivity contribution in [1.82, 2.24) is 9.78 Å². The fraction of sp³-hybridized carbons (Fsp3) is 0.714. The molecule has 1 aliphatic carbocycles. The number of rotatable bonds is 8. The van der Waals surface area contributed by atoms with Crippen molar-refractivity contribution in [2.45, 2.75) is 45.7 Å². The van der Waals surface area contributed by atoms with Gasteiger partial charge in [-0.2, -0.15) is 5.10 Å². The van der Waals surface area contributed by atoms with Gasteiger partial charge in [0.15, 0.2) is 0 Å². The first-order chi connectivity index (χ1) is 9.15. The van der Waals surface area contributed by atoms with E-state index in [0.29, 0.717) is 25.1 Å². The topological polar surface area (TPSA) is 56.1 Å². The molecule has 0 aliphatic heterocycles. The van der Waals surface area contributed by atoms with Crippen molar-refractivity contribution in [2.24, 2.45) is 5.92 Å². The van der Waals surface area contributed by atoms with E-state index in [1.165, 1.54) is 17.5 Å². The van der Waals surface area contributed by atoms with Gasteiger partial charge in [0.2, 0.25) is 0 Å². The highest BCUT2D eigenvalue weighted by Gasteiger charge is 2.20. The highest BCUT2D eigenvalue weighted by Crippen LogP contribution is 2.23. The summed E-state index contributed by atoms with van der Waals surface area (Å²) in [5.74, 6) is 0.647. The first kappa shape index (κ1) is 14.1. The largest absolute Gasteiger partial charge is 0.381 e. The Kier molecular flexibility index (Phi) is 4.96. The second-order valence-electron chi connectivity index (χ2n) is 5.52. The van der Waals surface area contributed by atoms with E-state index in [4.69, 9.17) is 4.74 Å². The maximum atomic E-state index is 11.8. The van der Waals surface area contributed by atoms with Crippen LogP contribution in [0.2, 0.25) is 0 Å². The Hall–Kier alpha value is -1.36. The molecule has 1 aliphatic rings. The monoisotopic (exact) mass is 265 g/mol. The molecule has 0 radical (unpaired) electrons. The predicted octanol–water partition coefficient (Wildman–Crippen LogP) is 1.88. The fourth-order valence-electron chi connectivity index (χ4n) is 1.72. The maximum absolute atomic E-state index is 11.8. The summed E-state index contributed by atoms with van der Waals surface area (Å²) >= 11 is 0. The van der Waals surface area contributed by atoms with Crippen molar-refractivity contribution in [3.63, 3.8) is 0 Å². The first-order valence-electron chi connectivity index (χ1n) is 7.06. The number of anilines is 1. The molecule has 1 aromatic rings. The average Bonchev–Trinajstić information content (AvgIpc) is 3.15. The van der Waals surface area contributed by atoms with Crippen molar-refractivity contribution in [3.8, 4) is 0 Å². The molecule has 1 saturated carbocycles. The van der Waals surface area contributed by atoms with Gasteiger partial charge in [0, 0.05) is 18.7 Å². The first-order valence-corrected chi connectivity index (χ1v) is 7.06. The summed E-state index contributed by atoms with van der Waals surface area (Å²) in [7, 11) is 0. The molecule has 2 rings (SSSR count). The van der Waals surface area contributed by atoms with Gasteiger partial charge in [0.1, 0.15) is 0 Å². The van der Waals surface area contributed by atoms with Crippen LogP contribution in [0.4, 0.5) is 5.69 Å². The summed E-state index contributed by atoms with van der Waals surface area (Å²) in [4.78, 5) is 11.8. The predicted molar refractivity (Wildman–Crippen MR) is 75.4 cm³/mol. The molecule has 0 aromatic carbocycles. The number of nitrogens with one attached hydrogen (secondary N) is 1. The molecule has 0 saturated heterocycles. The lowest BCUT2D eigenvalue weighted by Gasteiger charge is -2.08. The molecule has 0 unspecified atom stereocenters. The number of hydrogen-bond acceptors (Lipinski definition) is 4. The van der Waals surface area contributed by atoms with Crippen LogP contribution in [0.25, 0.3) is 0 Å². The van der Waals surface area contributed by atoms with Crippen LogP contribution >= 0.6 is 0 Å². The number of aromatic nitrogens is 2. The van der Waals surface area contributed by atoms with Crippen LogP contribution in [0.5, 0.6) is 0 Å². The molecule has 0 amide bonds. The summed E-state index contributed by atoms with van der Waals surface area (Å²) in [5.41, 5.74) is 0.752. The quantitative estimate of drug-likeness (QED) is 0.729. The van der Waals surface area contributed by atoms with Gasteiger partial charge >= 0.3 is 0 Å². The van der Waals surface area contributed by atoms with E-state index in [9.17, 15) is 4.79 Å². The van der Waals surface area contributed by atoms with Gasteiger partial charge in [-0.3, -0.25) is 4.79 Å². The lowest BCUT2D eigenvalue weighted by molar-refractivity contribution is 0.113. The third-order valence-electron chi connectivity index (χ3n) is 3.10. The van der Waals surface area contributed by atoms with Gasteiger partial charge in [0.05, 0.1) is 25.0 Å². The molecule has 0 spiro atoms. The number of hydrogen-bond donors (Lipinski definition) is 1. The van der Waals surface area contributed by atoms with Crippen LogP contribution in [0.3, 0.4) is 0 Å². The molecular formula is C14H23N3O2. The van der Waals surface area contributed by atoms with E-state index < -0.39 is 0 Å². The second-order valence-corrected chi connectivity index (χ2v) is 5.52. The van der Waals surface area contributed by atoms with Crippen LogP contribution in [-0.2, 0) is 11.3 Å². The normalized spacial score (nSPS) is 14.9. The zero-order chi connectivity index (χ0) is 13.7. The van der Waals surface area contributed by atoms with Crippen molar-refractivity contribution in [2.75, 3.05) is 18.5 Å². The molecule has 1 N–H and O–H groups in total. The minimum atomic E-state index is -0.0712. The summed E-state index contributed by atoms with van der Waals surface area (Å²) < 4.78 is 6.94. The second kappa shape index (κ2) is 6.70. The SMILES string of the molecule is CC(C)CCOCCn1ncc(NC2CC2)cc1=O. The zero-order valence-corrected chi connectivity index (χ0v) is 11.8. The van der Waals surface area contributed by atoms with Gasteiger partial charge in [-0.15, -0.1) is 0 Å². The Labute approximate surface area is 114 Å². The van der Waals surface area contributed by atoms with Crippen molar-refractivity contribution < 1.29 is 4.74 Å². The number of nitrogens with zero attached hydrogens (tertiary/aromatic N) is 2. The smallest absolute Gasteiger partial charge is 0.268 e. The summed E-state index contributed by atoms with van der Waals surface area (Å²) in [6.45, 7) is 6.13. The van der Waals surface area contributed by atoms with Gasteiger partial charge in [0.25, 0.3) is 5.56 Å². The molecule has 1 heterocycles. The summed E-state index contributed by atoms with van der Waals surface area (Å²) in [5, 5.41) is 7.42. The van der Waals surface area contributed by atoms with Gasteiger partial charge in [-0.25, -0.2) is 4.68 Å². The summed E-state index contributed by atoms with van der Waals surface area (Å²) in [6.07, 6.45) is 5.14. The molecule has 0 bridgehead atoms.